The molecular formula is C22H21NO3. The molecule has 4 heteroatoms. The molecule has 3 rings (SSSR count). The van der Waals surface area contributed by atoms with E-state index in [4.69, 9.17) is 4.74 Å². The molecule has 3 aromatic rings. The molecule has 0 saturated heterocycles. The molecule has 0 radical (unpaired) electrons. The molecule has 26 heavy (non-hydrogen) atoms. The number of aromatic nitrogens is 1. The molecule has 1 heterocycles. The van der Waals surface area contributed by atoms with Gasteiger partial charge in [-0.15, -0.1) is 0 Å². The van der Waals surface area contributed by atoms with Crippen molar-refractivity contribution < 1.29 is 14.6 Å². The van der Waals surface area contributed by atoms with Crippen LogP contribution in [0.3, 0.4) is 0 Å². The number of rotatable bonds is 6. The van der Waals surface area contributed by atoms with E-state index in [0.717, 1.165) is 16.9 Å². The lowest BCUT2D eigenvalue weighted by Gasteiger charge is -2.15. The highest BCUT2D eigenvalue weighted by Crippen LogP contribution is 2.30. The number of ether oxygens (including phenoxy) is 1. The van der Waals surface area contributed by atoms with Crippen molar-refractivity contribution in [2.24, 2.45) is 0 Å². The van der Waals surface area contributed by atoms with Crippen molar-refractivity contribution in [2.75, 3.05) is 0 Å². The van der Waals surface area contributed by atoms with Crippen LogP contribution in [0, 0.1) is 0 Å². The number of para-hydroxylation sites is 1. The molecule has 0 spiro atoms. The first-order chi connectivity index (χ1) is 12.5. The second-order valence-electron chi connectivity index (χ2n) is 6.32. The average Bonchev–Trinajstić information content (AvgIpc) is 2.62. The monoisotopic (exact) mass is 347 g/mol. The fourth-order valence-electron chi connectivity index (χ4n) is 2.80. The quantitative estimate of drug-likeness (QED) is 0.694. The van der Waals surface area contributed by atoms with Crippen LogP contribution in [-0.2, 0) is 6.42 Å². The largest absolute Gasteiger partial charge is 0.490 e. The van der Waals surface area contributed by atoms with Crippen LogP contribution in [0.2, 0.25) is 0 Å². The lowest BCUT2D eigenvalue weighted by molar-refractivity contribution is 0.0695. The average molecular weight is 347 g/mol. The second kappa shape index (κ2) is 7.83. The summed E-state index contributed by atoms with van der Waals surface area (Å²) in [7, 11) is 0. The van der Waals surface area contributed by atoms with Gasteiger partial charge in [0, 0.05) is 12.0 Å². The molecule has 0 aliphatic carbocycles. The van der Waals surface area contributed by atoms with E-state index in [1.807, 2.05) is 68.4 Å². The van der Waals surface area contributed by atoms with E-state index in [2.05, 4.69) is 4.98 Å². The molecule has 1 aromatic heterocycles. The molecular weight excluding hydrogens is 326 g/mol. The standard InChI is InChI=1S/C22H21NO3/c1-15(2)26-21-11-7-6-10-17(21)19-13-12-18(22(24)25)20(23-19)14-16-8-4-3-5-9-16/h3-13,15H,14H2,1-2H3,(H,24,25). The van der Waals surface area contributed by atoms with Crippen LogP contribution in [-0.4, -0.2) is 22.2 Å². The van der Waals surface area contributed by atoms with Gasteiger partial charge in [-0.2, -0.15) is 0 Å². The fraction of sp³-hybridized carbons (Fsp3) is 0.182. The van der Waals surface area contributed by atoms with E-state index < -0.39 is 5.97 Å². The van der Waals surface area contributed by atoms with Crippen LogP contribution in [0.15, 0.2) is 66.7 Å². The zero-order valence-corrected chi connectivity index (χ0v) is 14.8. The number of aromatic carboxylic acids is 1. The van der Waals surface area contributed by atoms with Gasteiger partial charge in [-0.1, -0.05) is 42.5 Å². The molecule has 0 unspecified atom stereocenters. The second-order valence-corrected chi connectivity index (χ2v) is 6.32. The predicted molar refractivity (Wildman–Crippen MR) is 102 cm³/mol. The van der Waals surface area contributed by atoms with Gasteiger partial charge in [0.05, 0.1) is 23.1 Å². The minimum absolute atomic E-state index is 0.0400. The van der Waals surface area contributed by atoms with Gasteiger partial charge in [-0.25, -0.2) is 4.79 Å². The van der Waals surface area contributed by atoms with E-state index >= 15 is 0 Å². The van der Waals surface area contributed by atoms with Crippen molar-refractivity contribution in [3.05, 3.63) is 83.6 Å². The molecule has 0 atom stereocenters. The van der Waals surface area contributed by atoms with Crippen molar-refractivity contribution in [3.8, 4) is 17.0 Å². The van der Waals surface area contributed by atoms with Gasteiger partial charge in [0.25, 0.3) is 0 Å². The van der Waals surface area contributed by atoms with Gasteiger partial charge in [-0.05, 0) is 43.7 Å². The Morgan fingerprint density at radius 3 is 2.38 bits per heavy atom. The highest BCUT2D eigenvalue weighted by atomic mass is 16.5. The first kappa shape index (κ1) is 17.7. The lowest BCUT2D eigenvalue weighted by atomic mass is 10.0. The summed E-state index contributed by atoms with van der Waals surface area (Å²) in [4.78, 5) is 16.3. The van der Waals surface area contributed by atoms with Crippen molar-refractivity contribution in [1.29, 1.82) is 0 Å². The third-order valence-electron chi connectivity index (χ3n) is 3.94. The molecule has 0 aliphatic heterocycles. The maximum Gasteiger partial charge on any atom is 0.337 e. The number of carbonyl (C=O) groups is 1. The zero-order valence-electron chi connectivity index (χ0n) is 14.8. The minimum Gasteiger partial charge on any atom is -0.490 e. The molecule has 1 N–H and O–H groups in total. The molecule has 0 fully saturated rings. The maximum absolute atomic E-state index is 11.6. The lowest BCUT2D eigenvalue weighted by Crippen LogP contribution is -2.08. The summed E-state index contributed by atoms with van der Waals surface area (Å²) in [5, 5.41) is 9.51. The van der Waals surface area contributed by atoms with Gasteiger partial charge >= 0.3 is 5.97 Å². The Hall–Kier alpha value is -3.14. The number of pyridine rings is 1. The Morgan fingerprint density at radius 2 is 1.69 bits per heavy atom. The van der Waals surface area contributed by atoms with Crippen molar-refractivity contribution in [3.63, 3.8) is 0 Å². The summed E-state index contributed by atoms with van der Waals surface area (Å²) < 4.78 is 5.88. The SMILES string of the molecule is CC(C)Oc1ccccc1-c1ccc(C(=O)O)c(Cc2ccccc2)n1. The summed E-state index contributed by atoms with van der Waals surface area (Å²) >= 11 is 0. The van der Waals surface area contributed by atoms with E-state index in [9.17, 15) is 9.90 Å². The molecule has 0 bridgehead atoms. The van der Waals surface area contributed by atoms with Crippen molar-refractivity contribution >= 4 is 5.97 Å². The zero-order chi connectivity index (χ0) is 18.5. The van der Waals surface area contributed by atoms with Gasteiger partial charge in [0.2, 0.25) is 0 Å². The Morgan fingerprint density at radius 1 is 1.00 bits per heavy atom. The number of benzene rings is 2. The Kier molecular flexibility index (Phi) is 5.32. The smallest absolute Gasteiger partial charge is 0.337 e. The topological polar surface area (TPSA) is 59.4 Å². The van der Waals surface area contributed by atoms with E-state index in [0.29, 0.717) is 17.8 Å². The maximum atomic E-state index is 11.6. The minimum atomic E-state index is -0.971. The highest BCUT2D eigenvalue weighted by molar-refractivity contribution is 5.89. The van der Waals surface area contributed by atoms with Gasteiger partial charge < -0.3 is 9.84 Å². The van der Waals surface area contributed by atoms with Crippen LogP contribution in [0.5, 0.6) is 5.75 Å². The summed E-state index contributed by atoms with van der Waals surface area (Å²) in [5.74, 6) is -0.231. The fourth-order valence-corrected chi connectivity index (χ4v) is 2.80. The number of hydrogen-bond donors (Lipinski definition) is 1. The molecule has 0 saturated carbocycles. The predicted octanol–water partition coefficient (Wildman–Crippen LogP) is 4.82. The van der Waals surface area contributed by atoms with Crippen LogP contribution in [0.4, 0.5) is 0 Å². The molecule has 0 amide bonds. The van der Waals surface area contributed by atoms with Crippen LogP contribution >= 0.6 is 0 Å². The summed E-state index contributed by atoms with van der Waals surface area (Å²) in [6.45, 7) is 3.94. The highest BCUT2D eigenvalue weighted by Gasteiger charge is 2.16. The first-order valence-electron chi connectivity index (χ1n) is 8.58. The summed E-state index contributed by atoms with van der Waals surface area (Å²) in [6, 6.07) is 20.8. The first-order valence-corrected chi connectivity index (χ1v) is 8.58. The van der Waals surface area contributed by atoms with E-state index in [1.54, 1.807) is 12.1 Å². The normalized spacial score (nSPS) is 10.7. The third-order valence-corrected chi connectivity index (χ3v) is 3.94. The molecule has 132 valence electrons. The van der Waals surface area contributed by atoms with Gasteiger partial charge in [0.1, 0.15) is 5.75 Å². The van der Waals surface area contributed by atoms with Gasteiger partial charge in [-0.3, -0.25) is 4.98 Å². The summed E-state index contributed by atoms with van der Waals surface area (Å²) in [6.07, 6.45) is 0.502. The van der Waals surface area contributed by atoms with E-state index in [-0.39, 0.29) is 11.7 Å². The Bertz CT molecular complexity index is 904. The number of nitrogens with zero attached hydrogens (tertiary/aromatic N) is 1. The van der Waals surface area contributed by atoms with Gasteiger partial charge in [0.15, 0.2) is 0 Å². The number of hydrogen-bond acceptors (Lipinski definition) is 3. The Balaban J connectivity index is 2.05. The molecule has 0 aliphatic rings. The number of carboxylic acids is 1. The third kappa shape index (κ3) is 4.09. The van der Waals surface area contributed by atoms with Crippen LogP contribution in [0.25, 0.3) is 11.3 Å². The summed E-state index contributed by atoms with van der Waals surface area (Å²) in [5.41, 5.74) is 3.34. The molecule has 2 aromatic carbocycles. The van der Waals surface area contributed by atoms with Crippen molar-refractivity contribution in [2.45, 2.75) is 26.4 Å². The molecule has 4 nitrogen and oxygen atoms in total. The van der Waals surface area contributed by atoms with E-state index in [1.165, 1.54) is 0 Å². The Labute approximate surface area is 153 Å². The van der Waals surface area contributed by atoms with Crippen LogP contribution in [0.1, 0.15) is 35.5 Å². The van der Waals surface area contributed by atoms with Crippen molar-refractivity contribution in [1.82, 2.24) is 4.98 Å². The number of carboxylic acid groups (broad SMARTS) is 1. The van der Waals surface area contributed by atoms with Crippen LogP contribution < -0.4 is 4.74 Å².